The third-order valence-corrected chi connectivity index (χ3v) is 8.64. The standard InChI is InChI=1S/C39H27N5/c1-2-14-29-28(13-1)34-19-24-9-7-11-26(40-24)21-36-30-15-3-5-17-32(30)38(43-36)23-39-33-18-6-4-16-31(33)37(44-39)22-27-12-8-10-25(41-27)20-35(29)42-34/h1-19,21-23,35,42-43H,20H2/b34-19?,36-21?,37-22-,38-23-. The Balaban J connectivity index is 1.31. The molecule has 0 amide bonds. The molecule has 44 heavy (non-hydrogen) atoms. The lowest BCUT2D eigenvalue weighted by Crippen LogP contribution is -2.15. The fraction of sp³-hybridized carbons (Fsp3) is 0.0513. The molecule has 10 bridgehead atoms. The fourth-order valence-corrected chi connectivity index (χ4v) is 6.63. The van der Waals surface area contributed by atoms with Crippen molar-refractivity contribution in [1.29, 1.82) is 0 Å². The van der Waals surface area contributed by atoms with Crippen LogP contribution in [-0.4, -0.2) is 20.7 Å². The summed E-state index contributed by atoms with van der Waals surface area (Å²) in [7, 11) is 0. The zero-order valence-corrected chi connectivity index (χ0v) is 23.8. The van der Waals surface area contributed by atoms with Gasteiger partial charge in [0.2, 0.25) is 0 Å². The quantitative estimate of drug-likeness (QED) is 0.228. The molecule has 6 heterocycles. The SMILES string of the molecule is C1=C2NC(Cc3cccc(n3)/C=C3N=C(/C=c4\[nH]c(c5ccccc45)=Cc4cccc1n4)c1ccccc1\3)c1ccccc12. The molecule has 5 nitrogen and oxygen atoms in total. The van der Waals surface area contributed by atoms with Gasteiger partial charge in [0, 0.05) is 56.0 Å². The summed E-state index contributed by atoms with van der Waals surface area (Å²) in [4.78, 5) is 18.9. The van der Waals surface area contributed by atoms with Crippen molar-refractivity contribution in [2.75, 3.05) is 0 Å². The van der Waals surface area contributed by atoms with Gasteiger partial charge in [-0.3, -0.25) is 4.98 Å². The molecule has 5 heteroatoms. The van der Waals surface area contributed by atoms with E-state index in [9.17, 15) is 0 Å². The third-order valence-electron chi connectivity index (χ3n) is 8.64. The zero-order valence-electron chi connectivity index (χ0n) is 23.8. The van der Waals surface area contributed by atoms with Crippen molar-refractivity contribution in [2.24, 2.45) is 4.99 Å². The number of nitrogens with zero attached hydrogens (tertiary/aromatic N) is 3. The number of benzene rings is 3. The number of aliphatic imine (C=N–C) groups is 1. The van der Waals surface area contributed by atoms with Crippen molar-refractivity contribution in [3.63, 3.8) is 0 Å². The summed E-state index contributed by atoms with van der Waals surface area (Å²) < 4.78 is 0. The lowest BCUT2D eigenvalue weighted by atomic mass is 10.00. The predicted octanol–water partition coefficient (Wildman–Crippen LogP) is 6.27. The minimum absolute atomic E-state index is 0.114. The molecule has 1 unspecified atom stereocenters. The summed E-state index contributed by atoms with van der Waals surface area (Å²) in [5.41, 5.74) is 11.4. The zero-order chi connectivity index (χ0) is 29.0. The Hall–Kier alpha value is -5.81. The maximum absolute atomic E-state index is 5.15. The van der Waals surface area contributed by atoms with Crippen LogP contribution in [0.1, 0.15) is 51.1 Å². The Morgan fingerprint density at radius 1 is 0.545 bits per heavy atom. The molecule has 0 fully saturated rings. The first-order valence-corrected chi connectivity index (χ1v) is 15.0. The minimum atomic E-state index is 0.114. The summed E-state index contributed by atoms with van der Waals surface area (Å²) >= 11 is 0. The largest absolute Gasteiger partial charge is 0.377 e. The first-order chi connectivity index (χ1) is 21.7. The first kappa shape index (κ1) is 24.8. The van der Waals surface area contributed by atoms with Gasteiger partial charge in [0.1, 0.15) is 0 Å². The van der Waals surface area contributed by atoms with Crippen LogP contribution in [-0.2, 0) is 6.42 Å². The molecular weight excluding hydrogens is 538 g/mol. The maximum atomic E-state index is 5.15. The molecule has 3 aromatic heterocycles. The number of aromatic amines is 1. The van der Waals surface area contributed by atoms with E-state index in [0.29, 0.717) is 0 Å². The molecule has 0 aliphatic carbocycles. The van der Waals surface area contributed by atoms with Crippen LogP contribution in [0.25, 0.3) is 46.5 Å². The highest BCUT2D eigenvalue weighted by Gasteiger charge is 2.26. The van der Waals surface area contributed by atoms with Gasteiger partial charge >= 0.3 is 0 Å². The van der Waals surface area contributed by atoms with Crippen LogP contribution >= 0.6 is 0 Å². The average Bonchev–Trinajstić information content (AvgIpc) is 3.69. The van der Waals surface area contributed by atoms with Gasteiger partial charge in [-0.15, -0.1) is 0 Å². The van der Waals surface area contributed by atoms with E-state index >= 15 is 0 Å². The van der Waals surface area contributed by atoms with E-state index in [1.807, 2.05) is 0 Å². The summed E-state index contributed by atoms with van der Waals surface area (Å²) in [5, 5.41) is 8.12. The van der Waals surface area contributed by atoms with Gasteiger partial charge < -0.3 is 10.3 Å². The first-order valence-electron chi connectivity index (χ1n) is 15.0. The second-order valence-corrected chi connectivity index (χ2v) is 11.4. The van der Waals surface area contributed by atoms with Crippen LogP contribution < -0.4 is 16.0 Å². The summed E-state index contributed by atoms with van der Waals surface area (Å²) in [6, 6.07) is 38.1. The molecule has 6 aromatic rings. The summed E-state index contributed by atoms with van der Waals surface area (Å²) in [5.74, 6) is 0. The van der Waals surface area contributed by atoms with Gasteiger partial charge in [0.15, 0.2) is 0 Å². The highest BCUT2D eigenvalue weighted by atomic mass is 15.0. The van der Waals surface area contributed by atoms with Crippen molar-refractivity contribution in [3.8, 4) is 0 Å². The van der Waals surface area contributed by atoms with E-state index in [-0.39, 0.29) is 6.04 Å². The normalized spacial score (nSPS) is 18.3. The maximum Gasteiger partial charge on any atom is 0.0737 e. The Kier molecular flexibility index (Phi) is 5.56. The number of nitrogens with one attached hydrogen (secondary N) is 2. The lowest BCUT2D eigenvalue weighted by molar-refractivity contribution is 0.648. The van der Waals surface area contributed by atoms with Crippen LogP contribution in [0.2, 0.25) is 0 Å². The van der Waals surface area contributed by atoms with Crippen molar-refractivity contribution < 1.29 is 0 Å². The van der Waals surface area contributed by atoms with Crippen LogP contribution in [0, 0.1) is 0 Å². The Morgan fingerprint density at radius 2 is 1.20 bits per heavy atom. The molecule has 9 rings (SSSR count). The summed E-state index contributed by atoms with van der Waals surface area (Å²) in [6.45, 7) is 0. The van der Waals surface area contributed by atoms with E-state index in [1.165, 1.54) is 11.1 Å². The van der Waals surface area contributed by atoms with Gasteiger partial charge in [-0.05, 0) is 54.1 Å². The number of hydrogen-bond donors (Lipinski definition) is 2. The fourth-order valence-electron chi connectivity index (χ4n) is 6.63. The molecule has 0 saturated heterocycles. The van der Waals surface area contributed by atoms with E-state index < -0.39 is 0 Å². The third kappa shape index (κ3) is 4.21. The molecule has 3 aliphatic rings. The average molecular weight is 566 g/mol. The number of aromatic nitrogens is 3. The predicted molar refractivity (Wildman–Crippen MR) is 179 cm³/mol. The number of pyridine rings is 2. The monoisotopic (exact) mass is 565 g/mol. The molecule has 3 aliphatic heterocycles. The second-order valence-electron chi connectivity index (χ2n) is 11.4. The summed E-state index contributed by atoms with van der Waals surface area (Å²) in [6.07, 6.45) is 9.32. The van der Waals surface area contributed by atoms with Crippen LogP contribution in [0.3, 0.4) is 0 Å². The van der Waals surface area contributed by atoms with Gasteiger partial charge in [0.25, 0.3) is 0 Å². The van der Waals surface area contributed by atoms with Gasteiger partial charge in [0.05, 0.1) is 34.5 Å². The molecule has 2 N–H and O–H groups in total. The highest BCUT2D eigenvalue weighted by molar-refractivity contribution is 6.28. The number of H-pyrrole nitrogens is 1. The van der Waals surface area contributed by atoms with Gasteiger partial charge in [-0.2, -0.15) is 0 Å². The molecule has 0 saturated carbocycles. The van der Waals surface area contributed by atoms with Crippen molar-refractivity contribution in [1.82, 2.24) is 20.3 Å². The van der Waals surface area contributed by atoms with Crippen LogP contribution in [0.15, 0.2) is 114 Å². The van der Waals surface area contributed by atoms with Gasteiger partial charge in [-0.1, -0.05) is 84.9 Å². The Morgan fingerprint density at radius 3 is 2.05 bits per heavy atom. The lowest BCUT2D eigenvalue weighted by Gasteiger charge is -2.13. The highest BCUT2D eigenvalue weighted by Crippen LogP contribution is 2.35. The van der Waals surface area contributed by atoms with Gasteiger partial charge in [-0.25, -0.2) is 9.98 Å². The van der Waals surface area contributed by atoms with E-state index in [2.05, 4.69) is 144 Å². The molecule has 208 valence electrons. The number of rotatable bonds is 0. The van der Waals surface area contributed by atoms with E-state index in [4.69, 9.17) is 15.0 Å². The van der Waals surface area contributed by atoms with E-state index in [0.717, 1.165) is 78.9 Å². The second kappa shape index (κ2) is 9.89. The van der Waals surface area contributed by atoms with E-state index in [1.54, 1.807) is 0 Å². The van der Waals surface area contributed by atoms with Crippen LogP contribution in [0.4, 0.5) is 0 Å². The van der Waals surface area contributed by atoms with Crippen molar-refractivity contribution in [3.05, 3.63) is 165 Å². The topological polar surface area (TPSA) is 66.0 Å². The van der Waals surface area contributed by atoms with Crippen molar-refractivity contribution >= 4 is 52.2 Å². The van der Waals surface area contributed by atoms with Crippen LogP contribution in [0.5, 0.6) is 0 Å². The molecule has 1 atom stereocenters. The molecule has 3 aromatic carbocycles. The number of fused-ring (bicyclic) bond motifs is 18. The molecule has 0 radical (unpaired) electrons. The van der Waals surface area contributed by atoms with Crippen molar-refractivity contribution in [2.45, 2.75) is 12.5 Å². The molecule has 0 spiro atoms. The molecular formula is C39H27N5. The number of hydrogen-bond acceptors (Lipinski definition) is 4. The smallest absolute Gasteiger partial charge is 0.0737 e. The Labute approximate surface area is 254 Å². The Bertz CT molecular complexity index is 2350. The minimum Gasteiger partial charge on any atom is -0.377 e.